The van der Waals surface area contributed by atoms with Crippen LogP contribution >= 0.6 is 11.3 Å². The Morgan fingerprint density at radius 1 is 1.14 bits per heavy atom. The lowest BCUT2D eigenvalue weighted by Crippen LogP contribution is -1.73. The highest BCUT2D eigenvalue weighted by Gasteiger charge is 1.89. The van der Waals surface area contributed by atoms with Gasteiger partial charge in [0.25, 0.3) is 0 Å². The third-order valence-corrected chi connectivity index (χ3v) is 2.69. The summed E-state index contributed by atoms with van der Waals surface area (Å²) in [4.78, 5) is 4.18. The Morgan fingerprint density at radius 3 is 2.57 bits per heavy atom. The molecule has 2 heteroatoms. The fourth-order valence-electron chi connectivity index (χ4n) is 1.16. The first-order chi connectivity index (χ1) is 6.84. The molecule has 0 aliphatic carbocycles. The first-order valence-electron chi connectivity index (χ1n) is 4.49. The van der Waals surface area contributed by atoms with Crippen molar-refractivity contribution in [1.82, 2.24) is 4.98 Å². The molecule has 1 nitrogen and oxygen atoms in total. The largest absolute Gasteiger partial charge is 0.245 e. The van der Waals surface area contributed by atoms with Gasteiger partial charge in [-0.2, -0.15) is 0 Å². The van der Waals surface area contributed by atoms with Gasteiger partial charge in [0.05, 0.1) is 0 Å². The lowest BCUT2D eigenvalue weighted by molar-refractivity contribution is 1.40. The van der Waals surface area contributed by atoms with Crippen molar-refractivity contribution in [2.24, 2.45) is 0 Å². The highest BCUT2D eigenvalue weighted by atomic mass is 32.1. The Labute approximate surface area is 87.8 Å². The summed E-state index contributed by atoms with van der Waals surface area (Å²) in [5.41, 5.74) is 2.50. The quantitative estimate of drug-likeness (QED) is 0.723. The van der Waals surface area contributed by atoms with E-state index in [1.54, 1.807) is 11.3 Å². The highest BCUT2D eigenvalue weighted by Crippen LogP contribution is 2.10. The molecule has 0 atom stereocenters. The summed E-state index contributed by atoms with van der Waals surface area (Å²) in [7, 11) is 0. The zero-order valence-corrected chi connectivity index (χ0v) is 8.79. The van der Waals surface area contributed by atoms with E-state index >= 15 is 0 Å². The Bertz CT molecular complexity index is 412. The van der Waals surface area contributed by atoms with Gasteiger partial charge in [0.1, 0.15) is 5.01 Å². The van der Waals surface area contributed by atoms with E-state index in [1.807, 2.05) is 17.7 Å². The van der Waals surface area contributed by atoms with Crippen LogP contribution in [0.4, 0.5) is 0 Å². The van der Waals surface area contributed by atoms with Crippen molar-refractivity contribution in [3.05, 3.63) is 52.0 Å². The average molecular weight is 201 g/mol. The molecule has 0 bridgehead atoms. The molecule has 1 heterocycles. The zero-order chi connectivity index (χ0) is 9.80. The standard InChI is InChI=1S/C12H11NS/c1-10-2-4-11(5-3-10)6-7-12-13-8-9-14-12/h2-9H,1H3/b7-6+. The molecular formula is C12H11NS. The molecule has 0 spiro atoms. The normalized spacial score (nSPS) is 10.9. The summed E-state index contributed by atoms with van der Waals surface area (Å²) in [6.07, 6.45) is 5.94. The third-order valence-electron chi connectivity index (χ3n) is 1.95. The van der Waals surface area contributed by atoms with E-state index in [4.69, 9.17) is 0 Å². The van der Waals surface area contributed by atoms with Crippen molar-refractivity contribution in [2.45, 2.75) is 6.92 Å². The number of aromatic nitrogens is 1. The van der Waals surface area contributed by atoms with E-state index in [1.165, 1.54) is 11.1 Å². The topological polar surface area (TPSA) is 12.9 Å². The van der Waals surface area contributed by atoms with Crippen LogP contribution in [0.1, 0.15) is 16.1 Å². The molecule has 0 aliphatic heterocycles. The van der Waals surface area contributed by atoms with Crippen molar-refractivity contribution in [2.75, 3.05) is 0 Å². The monoisotopic (exact) mass is 201 g/mol. The van der Waals surface area contributed by atoms with Crippen molar-refractivity contribution in [3.63, 3.8) is 0 Å². The third kappa shape index (κ3) is 2.30. The second-order valence-corrected chi connectivity index (χ2v) is 4.04. The number of hydrogen-bond acceptors (Lipinski definition) is 2. The lowest BCUT2D eigenvalue weighted by Gasteiger charge is -1.93. The second kappa shape index (κ2) is 4.20. The van der Waals surface area contributed by atoms with Crippen molar-refractivity contribution < 1.29 is 0 Å². The number of rotatable bonds is 2. The van der Waals surface area contributed by atoms with Gasteiger partial charge in [-0.1, -0.05) is 35.9 Å². The Hall–Kier alpha value is -1.41. The van der Waals surface area contributed by atoms with Gasteiger partial charge >= 0.3 is 0 Å². The first kappa shape index (κ1) is 9.16. The molecule has 0 fully saturated rings. The minimum absolute atomic E-state index is 1.05. The number of aryl methyl sites for hydroxylation is 1. The Balaban J connectivity index is 2.15. The average Bonchev–Trinajstić information content (AvgIpc) is 2.70. The number of benzene rings is 1. The van der Waals surface area contributed by atoms with Gasteiger partial charge in [0, 0.05) is 11.6 Å². The van der Waals surface area contributed by atoms with E-state index in [2.05, 4.69) is 42.2 Å². The molecule has 1 aromatic heterocycles. The van der Waals surface area contributed by atoms with Gasteiger partial charge in [0.2, 0.25) is 0 Å². The minimum atomic E-state index is 1.05. The Morgan fingerprint density at radius 2 is 1.93 bits per heavy atom. The van der Waals surface area contributed by atoms with Crippen LogP contribution in [0.3, 0.4) is 0 Å². The fourth-order valence-corrected chi connectivity index (χ4v) is 1.69. The number of thiazole rings is 1. The van der Waals surface area contributed by atoms with Gasteiger partial charge in [-0.3, -0.25) is 0 Å². The van der Waals surface area contributed by atoms with Gasteiger partial charge in [0.15, 0.2) is 0 Å². The van der Waals surface area contributed by atoms with Gasteiger partial charge in [-0.05, 0) is 18.6 Å². The predicted molar refractivity (Wildman–Crippen MR) is 62.2 cm³/mol. The minimum Gasteiger partial charge on any atom is -0.245 e. The smallest absolute Gasteiger partial charge is 0.116 e. The fraction of sp³-hybridized carbons (Fsp3) is 0.0833. The molecule has 2 rings (SSSR count). The number of nitrogens with zero attached hydrogens (tertiary/aromatic N) is 1. The van der Waals surface area contributed by atoms with Crippen molar-refractivity contribution in [3.8, 4) is 0 Å². The first-order valence-corrected chi connectivity index (χ1v) is 5.37. The molecule has 0 amide bonds. The van der Waals surface area contributed by atoms with Crippen LogP contribution in [0.5, 0.6) is 0 Å². The van der Waals surface area contributed by atoms with Crippen LogP contribution < -0.4 is 0 Å². The van der Waals surface area contributed by atoms with Gasteiger partial charge in [-0.25, -0.2) is 4.98 Å². The van der Waals surface area contributed by atoms with Crippen LogP contribution in [0, 0.1) is 6.92 Å². The highest BCUT2D eigenvalue weighted by molar-refractivity contribution is 7.10. The summed E-state index contributed by atoms with van der Waals surface area (Å²) in [5.74, 6) is 0. The summed E-state index contributed by atoms with van der Waals surface area (Å²) in [6.45, 7) is 2.09. The maximum atomic E-state index is 4.18. The van der Waals surface area contributed by atoms with E-state index in [-0.39, 0.29) is 0 Å². The molecule has 0 N–H and O–H groups in total. The summed E-state index contributed by atoms with van der Waals surface area (Å²) < 4.78 is 0. The molecule has 1 aromatic carbocycles. The van der Waals surface area contributed by atoms with Crippen molar-refractivity contribution in [1.29, 1.82) is 0 Å². The molecule has 0 aliphatic rings. The molecule has 0 saturated carbocycles. The molecule has 0 saturated heterocycles. The molecular weight excluding hydrogens is 190 g/mol. The van der Waals surface area contributed by atoms with Crippen LogP contribution in [-0.4, -0.2) is 4.98 Å². The molecule has 70 valence electrons. The van der Waals surface area contributed by atoms with Crippen molar-refractivity contribution >= 4 is 23.5 Å². The summed E-state index contributed by atoms with van der Waals surface area (Å²) in [6, 6.07) is 8.45. The van der Waals surface area contributed by atoms with Crippen LogP contribution in [0.25, 0.3) is 12.2 Å². The zero-order valence-electron chi connectivity index (χ0n) is 7.97. The Kier molecular flexibility index (Phi) is 2.75. The molecule has 2 aromatic rings. The van der Waals surface area contributed by atoms with E-state index in [0.29, 0.717) is 0 Å². The summed E-state index contributed by atoms with van der Waals surface area (Å²) >= 11 is 1.65. The SMILES string of the molecule is Cc1ccc(/C=C/c2nccs2)cc1. The number of hydrogen-bond donors (Lipinski definition) is 0. The van der Waals surface area contributed by atoms with Crippen LogP contribution in [0.2, 0.25) is 0 Å². The van der Waals surface area contributed by atoms with Crippen LogP contribution in [0.15, 0.2) is 35.8 Å². The summed E-state index contributed by atoms with van der Waals surface area (Å²) in [5, 5.41) is 3.03. The van der Waals surface area contributed by atoms with Gasteiger partial charge in [-0.15, -0.1) is 11.3 Å². The molecule has 0 radical (unpaired) electrons. The maximum absolute atomic E-state index is 4.18. The predicted octanol–water partition coefficient (Wildman–Crippen LogP) is 3.62. The van der Waals surface area contributed by atoms with Gasteiger partial charge < -0.3 is 0 Å². The van der Waals surface area contributed by atoms with E-state index in [0.717, 1.165) is 5.01 Å². The van der Waals surface area contributed by atoms with Crippen LogP contribution in [-0.2, 0) is 0 Å². The molecule has 14 heavy (non-hydrogen) atoms. The van der Waals surface area contributed by atoms with E-state index < -0.39 is 0 Å². The second-order valence-electron chi connectivity index (χ2n) is 3.11. The lowest BCUT2D eigenvalue weighted by atomic mass is 10.1. The van der Waals surface area contributed by atoms with E-state index in [9.17, 15) is 0 Å². The maximum Gasteiger partial charge on any atom is 0.116 e. The molecule has 0 unspecified atom stereocenters.